The molecule has 0 heterocycles. The van der Waals surface area contributed by atoms with Crippen LogP contribution in [-0.4, -0.2) is 6.61 Å². The molecule has 20 heavy (non-hydrogen) atoms. The summed E-state index contributed by atoms with van der Waals surface area (Å²) in [5, 5.41) is 3.24. The fraction of sp³-hybridized carbons (Fsp3) is 0.250. The first-order chi connectivity index (χ1) is 9.60. The van der Waals surface area contributed by atoms with Crippen LogP contribution in [0.5, 0.6) is 5.75 Å². The molecule has 4 heteroatoms. The van der Waals surface area contributed by atoms with E-state index in [1.54, 1.807) is 24.3 Å². The van der Waals surface area contributed by atoms with Crippen molar-refractivity contribution in [2.75, 3.05) is 17.7 Å². The van der Waals surface area contributed by atoms with Crippen molar-refractivity contribution in [3.63, 3.8) is 0 Å². The topological polar surface area (TPSA) is 47.3 Å². The maximum Gasteiger partial charge on any atom is 0.128 e. The molecule has 3 nitrogen and oxygen atoms in total. The molecular formula is C16H19FN2O. The van der Waals surface area contributed by atoms with E-state index < -0.39 is 0 Å². The number of nitrogens with one attached hydrogen (secondary N) is 1. The van der Waals surface area contributed by atoms with Gasteiger partial charge < -0.3 is 15.8 Å². The minimum atomic E-state index is -0.221. The molecule has 0 bridgehead atoms. The molecule has 1 atom stereocenters. The summed E-state index contributed by atoms with van der Waals surface area (Å²) in [7, 11) is 0. The van der Waals surface area contributed by atoms with Gasteiger partial charge in [0.05, 0.1) is 12.6 Å². The summed E-state index contributed by atoms with van der Waals surface area (Å²) >= 11 is 0. The molecule has 0 aromatic heterocycles. The van der Waals surface area contributed by atoms with Crippen LogP contribution < -0.4 is 15.8 Å². The highest BCUT2D eigenvalue weighted by Gasteiger charge is 2.10. The number of ether oxygens (including phenoxy) is 1. The third-order valence-corrected chi connectivity index (χ3v) is 2.99. The number of hydrogen-bond acceptors (Lipinski definition) is 3. The van der Waals surface area contributed by atoms with Gasteiger partial charge in [0.25, 0.3) is 0 Å². The Bertz CT molecular complexity index is 586. The molecule has 0 fully saturated rings. The Hall–Kier alpha value is -2.23. The van der Waals surface area contributed by atoms with Crippen molar-refractivity contribution < 1.29 is 9.13 Å². The Labute approximate surface area is 118 Å². The molecule has 0 aliphatic heterocycles. The lowest BCUT2D eigenvalue weighted by molar-refractivity contribution is 0.340. The standard InChI is InChI=1S/C16H19FN2O/c1-3-20-14-9-12(18)8-13(10-14)19-11(2)15-6-4-5-7-16(15)17/h4-11,19H,3,18H2,1-2H3. The zero-order chi connectivity index (χ0) is 14.5. The van der Waals surface area contributed by atoms with Gasteiger partial charge >= 0.3 is 0 Å². The minimum Gasteiger partial charge on any atom is -0.494 e. The lowest BCUT2D eigenvalue weighted by Crippen LogP contribution is -2.09. The van der Waals surface area contributed by atoms with Gasteiger partial charge in [0.15, 0.2) is 0 Å². The van der Waals surface area contributed by atoms with Crippen LogP contribution in [0, 0.1) is 5.82 Å². The van der Waals surface area contributed by atoms with Gasteiger partial charge in [-0.2, -0.15) is 0 Å². The van der Waals surface area contributed by atoms with Crippen LogP contribution >= 0.6 is 0 Å². The Kier molecular flexibility index (Phi) is 4.45. The largest absolute Gasteiger partial charge is 0.494 e. The Morgan fingerprint density at radius 2 is 2.00 bits per heavy atom. The molecule has 0 amide bonds. The van der Waals surface area contributed by atoms with Gasteiger partial charge in [-0.3, -0.25) is 0 Å². The third-order valence-electron chi connectivity index (χ3n) is 2.99. The van der Waals surface area contributed by atoms with Crippen LogP contribution in [0.15, 0.2) is 42.5 Å². The first kappa shape index (κ1) is 14.2. The van der Waals surface area contributed by atoms with Crippen molar-refractivity contribution in [2.24, 2.45) is 0 Å². The predicted molar refractivity (Wildman–Crippen MR) is 80.5 cm³/mol. The van der Waals surface area contributed by atoms with Crippen LogP contribution in [0.2, 0.25) is 0 Å². The Morgan fingerprint density at radius 1 is 1.25 bits per heavy atom. The van der Waals surface area contributed by atoms with Crippen molar-refractivity contribution in [3.05, 3.63) is 53.8 Å². The van der Waals surface area contributed by atoms with Crippen LogP contribution in [0.4, 0.5) is 15.8 Å². The average molecular weight is 274 g/mol. The highest BCUT2D eigenvalue weighted by Crippen LogP contribution is 2.27. The summed E-state index contributed by atoms with van der Waals surface area (Å²) in [5.41, 5.74) is 7.88. The summed E-state index contributed by atoms with van der Waals surface area (Å²) in [6, 6.07) is 12.0. The Morgan fingerprint density at radius 3 is 2.70 bits per heavy atom. The van der Waals surface area contributed by atoms with Crippen LogP contribution in [0.25, 0.3) is 0 Å². The first-order valence-corrected chi connectivity index (χ1v) is 6.64. The van der Waals surface area contributed by atoms with Gasteiger partial charge in [0.2, 0.25) is 0 Å². The van der Waals surface area contributed by atoms with E-state index in [1.165, 1.54) is 6.07 Å². The second kappa shape index (κ2) is 6.28. The van der Waals surface area contributed by atoms with E-state index >= 15 is 0 Å². The van der Waals surface area contributed by atoms with Crippen molar-refractivity contribution in [3.8, 4) is 5.75 Å². The molecule has 2 aromatic rings. The quantitative estimate of drug-likeness (QED) is 0.811. The molecule has 106 valence electrons. The Balaban J connectivity index is 2.19. The lowest BCUT2D eigenvalue weighted by atomic mass is 10.1. The van der Waals surface area contributed by atoms with E-state index in [0.29, 0.717) is 23.6 Å². The van der Waals surface area contributed by atoms with Gasteiger partial charge in [-0.05, 0) is 26.0 Å². The molecule has 0 spiro atoms. The first-order valence-electron chi connectivity index (χ1n) is 6.64. The van der Waals surface area contributed by atoms with Gasteiger partial charge in [0.1, 0.15) is 11.6 Å². The molecule has 0 aliphatic rings. The molecule has 2 rings (SSSR count). The van der Waals surface area contributed by atoms with Crippen molar-refractivity contribution in [2.45, 2.75) is 19.9 Å². The number of halogens is 1. The van der Waals surface area contributed by atoms with Crippen LogP contribution in [0.1, 0.15) is 25.5 Å². The van der Waals surface area contributed by atoms with Gasteiger partial charge in [-0.25, -0.2) is 4.39 Å². The van der Waals surface area contributed by atoms with E-state index in [4.69, 9.17) is 10.5 Å². The summed E-state index contributed by atoms with van der Waals surface area (Å²) in [6.07, 6.45) is 0. The molecule has 2 aromatic carbocycles. The van der Waals surface area contributed by atoms with E-state index in [0.717, 1.165) is 5.69 Å². The number of hydrogen-bond donors (Lipinski definition) is 2. The van der Waals surface area contributed by atoms with Crippen molar-refractivity contribution >= 4 is 11.4 Å². The van der Waals surface area contributed by atoms with Gasteiger partial charge in [-0.1, -0.05) is 18.2 Å². The van der Waals surface area contributed by atoms with E-state index in [2.05, 4.69) is 5.32 Å². The van der Waals surface area contributed by atoms with Gasteiger partial charge in [0, 0.05) is 29.1 Å². The third kappa shape index (κ3) is 3.41. The van der Waals surface area contributed by atoms with E-state index in [9.17, 15) is 4.39 Å². The maximum absolute atomic E-state index is 13.7. The number of nitrogen functional groups attached to an aromatic ring is 1. The smallest absolute Gasteiger partial charge is 0.128 e. The molecule has 0 radical (unpaired) electrons. The van der Waals surface area contributed by atoms with Crippen molar-refractivity contribution in [1.82, 2.24) is 0 Å². The monoisotopic (exact) mass is 274 g/mol. The van der Waals surface area contributed by atoms with Crippen LogP contribution in [0.3, 0.4) is 0 Å². The molecular weight excluding hydrogens is 255 g/mol. The molecule has 1 unspecified atom stereocenters. The zero-order valence-electron chi connectivity index (χ0n) is 11.7. The van der Waals surface area contributed by atoms with Crippen molar-refractivity contribution in [1.29, 1.82) is 0 Å². The van der Waals surface area contributed by atoms with Crippen LogP contribution in [-0.2, 0) is 0 Å². The second-order valence-electron chi connectivity index (χ2n) is 4.61. The predicted octanol–water partition coefficient (Wildman–Crippen LogP) is 3.98. The summed E-state index contributed by atoms with van der Waals surface area (Å²) in [6.45, 7) is 4.39. The fourth-order valence-corrected chi connectivity index (χ4v) is 2.11. The number of benzene rings is 2. The normalized spacial score (nSPS) is 11.9. The lowest BCUT2D eigenvalue weighted by Gasteiger charge is -2.17. The highest BCUT2D eigenvalue weighted by atomic mass is 19.1. The van der Waals surface area contributed by atoms with E-state index in [1.807, 2.05) is 26.0 Å². The fourth-order valence-electron chi connectivity index (χ4n) is 2.11. The second-order valence-corrected chi connectivity index (χ2v) is 4.61. The molecule has 0 aliphatic carbocycles. The maximum atomic E-state index is 13.7. The highest BCUT2D eigenvalue weighted by molar-refractivity contribution is 5.59. The number of rotatable bonds is 5. The molecule has 0 saturated heterocycles. The molecule has 3 N–H and O–H groups in total. The van der Waals surface area contributed by atoms with E-state index in [-0.39, 0.29) is 11.9 Å². The molecule has 0 saturated carbocycles. The summed E-state index contributed by atoms with van der Waals surface area (Å²) in [4.78, 5) is 0. The minimum absolute atomic E-state index is 0.160. The number of nitrogens with two attached hydrogens (primary N) is 1. The average Bonchev–Trinajstić information content (AvgIpc) is 2.38. The van der Waals surface area contributed by atoms with Gasteiger partial charge in [-0.15, -0.1) is 0 Å². The zero-order valence-corrected chi connectivity index (χ0v) is 11.7. The SMILES string of the molecule is CCOc1cc(N)cc(NC(C)c2ccccc2F)c1. The summed E-state index contributed by atoms with van der Waals surface area (Å²) in [5.74, 6) is 0.483. The summed E-state index contributed by atoms with van der Waals surface area (Å²) < 4.78 is 19.2. The number of anilines is 2.